The van der Waals surface area contributed by atoms with Crippen molar-refractivity contribution in [3.8, 4) is 0 Å². The van der Waals surface area contributed by atoms with Gasteiger partial charge in [0.1, 0.15) is 0 Å². The zero-order valence-electron chi connectivity index (χ0n) is 14.0. The first kappa shape index (κ1) is 14.7. The van der Waals surface area contributed by atoms with Gasteiger partial charge in [-0.15, -0.1) is 0 Å². The summed E-state index contributed by atoms with van der Waals surface area (Å²) >= 11 is 0. The Morgan fingerprint density at radius 1 is 0.708 bits per heavy atom. The number of hydrogen-bond acceptors (Lipinski definition) is 2. The number of nitrogens with zero attached hydrogens (tertiary/aromatic N) is 1. The van der Waals surface area contributed by atoms with Crippen LogP contribution in [-0.2, 0) is 0 Å². The minimum Gasteiger partial charge on any atom is -0.354 e. The van der Waals surface area contributed by atoms with Gasteiger partial charge in [-0.1, -0.05) is 68.4 Å². The maximum atomic E-state index is 4.80. The fraction of sp³-hybridized carbons (Fsp3) is 0.136. The average Bonchev–Trinajstić information content (AvgIpc) is 2.62. The molecule has 1 aromatic heterocycles. The van der Waals surface area contributed by atoms with E-state index in [-0.39, 0.29) is 0 Å². The Kier molecular flexibility index (Phi) is 3.66. The van der Waals surface area contributed by atoms with E-state index < -0.39 is 0 Å². The van der Waals surface area contributed by atoms with Crippen LogP contribution in [0.15, 0.2) is 72.8 Å². The first-order chi connectivity index (χ1) is 11.7. The summed E-state index contributed by atoms with van der Waals surface area (Å²) in [6, 6.07) is 25.1. The lowest BCUT2D eigenvalue weighted by Gasteiger charge is -2.17. The van der Waals surface area contributed by atoms with Crippen LogP contribution in [0.2, 0.25) is 0 Å². The maximum Gasteiger partial charge on any atom is 0.0730 e. The summed E-state index contributed by atoms with van der Waals surface area (Å²) in [5.41, 5.74) is 5.64. The van der Waals surface area contributed by atoms with Crippen molar-refractivity contribution in [2.24, 2.45) is 0 Å². The average molecular weight is 312 g/mol. The Bertz CT molecular complexity index is 964. The zero-order valence-corrected chi connectivity index (χ0v) is 14.0. The highest BCUT2D eigenvalue weighted by Crippen LogP contribution is 2.35. The second-order valence-electron chi connectivity index (χ2n) is 6.39. The van der Waals surface area contributed by atoms with Gasteiger partial charge in [0.2, 0.25) is 0 Å². The summed E-state index contributed by atoms with van der Waals surface area (Å²) < 4.78 is 0. The fourth-order valence-corrected chi connectivity index (χ4v) is 3.22. The van der Waals surface area contributed by atoms with Gasteiger partial charge in [0.15, 0.2) is 0 Å². The molecule has 0 unspecified atom stereocenters. The number of pyridine rings is 1. The SMILES string of the molecule is CC(C)c1ccccc1Nc1c2ccccc2nc2ccccc12. The van der Waals surface area contributed by atoms with Crippen molar-refractivity contribution in [3.63, 3.8) is 0 Å². The molecule has 0 radical (unpaired) electrons. The van der Waals surface area contributed by atoms with Crippen LogP contribution >= 0.6 is 0 Å². The minimum absolute atomic E-state index is 0.466. The predicted molar refractivity (Wildman–Crippen MR) is 103 cm³/mol. The normalized spacial score (nSPS) is 11.3. The number of hydrogen-bond donors (Lipinski definition) is 1. The van der Waals surface area contributed by atoms with E-state index in [9.17, 15) is 0 Å². The van der Waals surface area contributed by atoms with Crippen LogP contribution in [-0.4, -0.2) is 4.98 Å². The second-order valence-corrected chi connectivity index (χ2v) is 6.39. The number of rotatable bonds is 3. The monoisotopic (exact) mass is 312 g/mol. The topological polar surface area (TPSA) is 24.9 Å². The number of nitrogens with one attached hydrogen (secondary N) is 1. The number of benzene rings is 3. The summed E-state index contributed by atoms with van der Waals surface area (Å²) in [4.78, 5) is 4.80. The van der Waals surface area contributed by atoms with E-state index in [1.807, 2.05) is 12.1 Å². The third-order valence-electron chi connectivity index (χ3n) is 4.43. The Morgan fingerprint density at radius 2 is 1.25 bits per heavy atom. The summed E-state index contributed by atoms with van der Waals surface area (Å²) in [5, 5.41) is 6.00. The molecule has 0 fully saturated rings. The van der Waals surface area contributed by atoms with Crippen LogP contribution in [0, 0.1) is 0 Å². The summed E-state index contributed by atoms with van der Waals surface area (Å²) in [6.07, 6.45) is 0. The third kappa shape index (κ3) is 2.50. The van der Waals surface area contributed by atoms with Gasteiger partial charge in [-0.3, -0.25) is 0 Å². The molecule has 0 bridgehead atoms. The number of aromatic nitrogens is 1. The van der Waals surface area contributed by atoms with Crippen LogP contribution in [0.5, 0.6) is 0 Å². The predicted octanol–water partition coefficient (Wildman–Crippen LogP) is 6.26. The highest BCUT2D eigenvalue weighted by molar-refractivity contribution is 6.08. The molecule has 0 aliphatic rings. The molecule has 1 heterocycles. The molecule has 4 aromatic rings. The fourth-order valence-electron chi connectivity index (χ4n) is 3.22. The standard InChI is InChI=1S/C22H20N2/c1-15(2)16-9-3-6-12-19(16)24-22-17-10-4-7-13-20(17)23-21-14-8-5-11-18(21)22/h3-15H,1-2H3,(H,23,24). The van der Waals surface area contributed by atoms with Gasteiger partial charge >= 0.3 is 0 Å². The molecule has 0 aliphatic carbocycles. The Morgan fingerprint density at radius 3 is 1.88 bits per heavy atom. The Hall–Kier alpha value is -2.87. The summed E-state index contributed by atoms with van der Waals surface area (Å²) in [5.74, 6) is 0.466. The van der Waals surface area contributed by atoms with Gasteiger partial charge in [0.25, 0.3) is 0 Å². The lowest BCUT2D eigenvalue weighted by atomic mass is 10.0. The van der Waals surface area contributed by atoms with E-state index in [1.54, 1.807) is 0 Å². The third-order valence-corrected chi connectivity index (χ3v) is 4.43. The van der Waals surface area contributed by atoms with Crippen molar-refractivity contribution in [1.82, 2.24) is 4.98 Å². The van der Waals surface area contributed by atoms with Crippen LogP contribution in [0.25, 0.3) is 21.8 Å². The van der Waals surface area contributed by atoms with Gasteiger partial charge in [0.05, 0.1) is 16.7 Å². The van der Waals surface area contributed by atoms with Crippen molar-refractivity contribution in [3.05, 3.63) is 78.4 Å². The molecule has 1 N–H and O–H groups in total. The molecule has 0 saturated heterocycles. The van der Waals surface area contributed by atoms with Gasteiger partial charge in [-0.2, -0.15) is 0 Å². The number of anilines is 2. The van der Waals surface area contributed by atoms with E-state index >= 15 is 0 Å². The smallest absolute Gasteiger partial charge is 0.0730 e. The van der Waals surface area contributed by atoms with Crippen molar-refractivity contribution in [2.45, 2.75) is 19.8 Å². The first-order valence-corrected chi connectivity index (χ1v) is 8.37. The molecule has 0 amide bonds. The molecule has 24 heavy (non-hydrogen) atoms. The Labute approximate surface area is 142 Å². The lowest BCUT2D eigenvalue weighted by molar-refractivity contribution is 0.869. The lowest BCUT2D eigenvalue weighted by Crippen LogP contribution is -1.99. The van der Waals surface area contributed by atoms with Gasteiger partial charge in [0, 0.05) is 16.5 Å². The molecule has 2 nitrogen and oxygen atoms in total. The number of para-hydroxylation sites is 3. The molecule has 3 aromatic carbocycles. The highest BCUT2D eigenvalue weighted by Gasteiger charge is 2.11. The number of fused-ring (bicyclic) bond motifs is 2. The van der Waals surface area contributed by atoms with Crippen LogP contribution < -0.4 is 5.32 Å². The van der Waals surface area contributed by atoms with E-state index in [0.29, 0.717) is 5.92 Å². The maximum absolute atomic E-state index is 4.80. The molecular weight excluding hydrogens is 292 g/mol. The first-order valence-electron chi connectivity index (χ1n) is 8.37. The quantitative estimate of drug-likeness (QED) is 0.452. The van der Waals surface area contributed by atoms with Crippen LogP contribution in [0.1, 0.15) is 25.3 Å². The van der Waals surface area contributed by atoms with Crippen LogP contribution in [0.3, 0.4) is 0 Å². The minimum atomic E-state index is 0.466. The molecule has 118 valence electrons. The largest absolute Gasteiger partial charge is 0.354 e. The van der Waals surface area contributed by atoms with E-state index in [0.717, 1.165) is 33.2 Å². The second kappa shape index (κ2) is 5.97. The Balaban J connectivity index is 1.98. The van der Waals surface area contributed by atoms with E-state index in [4.69, 9.17) is 4.98 Å². The van der Waals surface area contributed by atoms with Gasteiger partial charge < -0.3 is 5.32 Å². The molecule has 0 atom stereocenters. The van der Waals surface area contributed by atoms with Crippen molar-refractivity contribution in [2.75, 3.05) is 5.32 Å². The van der Waals surface area contributed by atoms with Gasteiger partial charge in [-0.05, 0) is 29.7 Å². The van der Waals surface area contributed by atoms with Crippen molar-refractivity contribution >= 4 is 33.2 Å². The molecular formula is C22H20N2. The molecule has 0 saturated carbocycles. The van der Waals surface area contributed by atoms with Crippen molar-refractivity contribution < 1.29 is 0 Å². The molecule has 4 rings (SSSR count). The molecule has 2 heteroatoms. The summed E-state index contributed by atoms with van der Waals surface area (Å²) in [6.45, 7) is 4.45. The van der Waals surface area contributed by atoms with Gasteiger partial charge in [-0.25, -0.2) is 4.98 Å². The van der Waals surface area contributed by atoms with Crippen molar-refractivity contribution in [1.29, 1.82) is 0 Å². The summed E-state index contributed by atoms with van der Waals surface area (Å²) in [7, 11) is 0. The molecule has 0 spiro atoms. The molecule has 0 aliphatic heterocycles. The van der Waals surface area contributed by atoms with E-state index in [2.05, 4.69) is 79.8 Å². The van der Waals surface area contributed by atoms with Crippen LogP contribution in [0.4, 0.5) is 11.4 Å². The zero-order chi connectivity index (χ0) is 16.5. The van der Waals surface area contributed by atoms with E-state index in [1.165, 1.54) is 5.56 Å². The highest BCUT2D eigenvalue weighted by atomic mass is 14.9.